The molecule has 1 aliphatic heterocycles. The number of aromatic nitrogens is 1. The summed E-state index contributed by atoms with van der Waals surface area (Å²) in [6, 6.07) is 4.70. The average Bonchev–Trinajstić information content (AvgIpc) is 2.39. The van der Waals surface area contributed by atoms with Gasteiger partial charge in [0, 0.05) is 25.3 Å². The Hall–Kier alpha value is -1.04. The number of likely N-dealkylation sites (tertiary alicyclic amines) is 1. The van der Waals surface area contributed by atoms with Gasteiger partial charge in [-0.1, -0.05) is 12.2 Å². The molecule has 0 radical (unpaired) electrons. The Morgan fingerprint density at radius 2 is 2.37 bits per heavy atom. The summed E-state index contributed by atoms with van der Waals surface area (Å²) in [6.45, 7) is 3.23. The third kappa shape index (κ3) is 3.96. The molecule has 0 spiro atoms. The number of piperidine rings is 1. The van der Waals surface area contributed by atoms with Crippen LogP contribution in [0.5, 0.6) is 0 Å². The highest BCUT2D eigenvalue weighted by Gasteiger charge is 2.21. The molecule has 19 heavy (non-hydrogen) atoms. The van der Waals surface area contributed by atoms with Gasteiger partial charge in [0.15, 0.2) is 0 Å². The third-order valence-electron chi connectivity index (χ3n) is 3.69. The molecule has 2 rings (SSSR count). The lowest BCUT2D eigenvalue weighted by Crippen LogP contribution is -2.44. The van der Waals surface area contributed by atoms with Crippen molar-refractivity contribution >= 4 is 17.2 Å². The van der Waals surface area contributed by atoms with Gasteiger partial charge in [-0.15, -0.1) is 0 Å². The number of hydrogen-bond acceptors (Lipinski definition) is 4. The number of pyridine rings is 1. The van der Waals surface area contributed by atoms with Crippen LogP contribution in [0.3, 0.4) is 0 Å². The Morgan fingerprint density at radius 1 is 1.58 bits per heavy atom. The molecular weight excluding hydrogens is 256 g/mol. The number of hydrogen-bond donors (Lipinski definition) is 1. The van der Waals surface area contributed by atoms with Crippen molar-refractivity contribution in [2.45, 2.75) is 25.4 Å². The fourth-order valence-corrected chi connectivity index (χ4v) is 2.67. The smallest absolute Gasteiger partial charge is 0.122 e. The molecule has 0 aromatic carbocycles. The molecule has 1 unspecified atom stereocenters. The molecular formula is C14H22N4S. The van der Waals surface area contributed by atoms with Crippen LogP contribution in [0.4, 0.5) is 0 Å². The fourth-order valence-electron chi connectivity index (χ4n) is 2.56. The molecule has 2 heterocycles. The number of nitrogens with two attached hydrogens (primary N) is 1. The summed E-state index contributed by atoms with van der Waals surface area (Å²) in [6.07, 6.45) is 4.34. The average molecular weight is 278 g/mol. The molecule has 1 saturated heterocycles. The van der Waals surface area contributed by atoms with Gasteiger partial charge >= 0.3 is 0 Å². The van der Waals surface area contributed by atoms with Gasteiger partial charge in [-0.2, -0.15) is 0 Å². The van der Waals surface area contributed by atoms with E-state index in [1.807, 2.05) is 12.1 Å². The van der Waals surface area contributed by atoms with Crippen LogP contribution in [0, 0.1) is 0 Å². The van der Waals surface area contributed by atoms with Crippen LogP contribution in [0.15, 0.2) is 18.3 Å². The van der Waals surface area contributed by atoms with Crippen LogP contribution in [0.2, 0.25) is 0 Å². The highest BCUT2D eigenvalue weighted by Crippen LogP contribution is 2.16. The molecule has 0 aliphatic carbocycles. The second-order valence-electron chi connectivity index (χ2n) is 5.41. The molecule has 1 aromatic heterocycles. The molecule has 2 N–H and O–H groups in total. The molecule has 4 nitrogen and oxygen atoms in total. The van der Waals surface area contributed by atoms with Crippen LogP contribution in [0.1, 0.15) is 24.1 Å². The van der Waals surface area contributed by atoms with Gasteiger partial charge in [0.05, 0.1) is 5.69 Å². The minimum atomic E-state index is 0.367. The van der Waals surface area contributed by atoms with Crippen molar-refractivity contribution in [3.8, 4) is 0 Å². The highest BCUT2D eigenvalue weighted by molar-refractivity contribution is 7.80. The Labute approximate surface area is 120 Å². The summed E-state index contributed by atoms with van der Waals surface area (Å²) in [5.74, 6) is 0. The molecule has 1 fully saturated rings. The van der Waals surface area contributed by atoms with Gasteiger partial charge in [-0.05, 0) is 51.2 Å². The normalized spacial score (nSPS) is 20.7. The van der Waals surface area contributed by atoms with E-state index in [0.717, 1.165) is 19.6 Å². The number of thiocarbonyl (C=S) groups is 1. The first-order chi connectivity index (χ1) is 9.06. The summed E-state index contributed by atoms with van der Waals surface area (Å²) in [7, 11) is 4.32. The van der Waals surface area contributed by atoms with E-state index >= 15 is 0 Å². The van der Waals surface area contributed by atoms with Gasteiger partial charge in [-0.3, -0.25) is 9.88 Å². The summed E-state index contributed by atoms with van der Waals surface area (Å²) >= 11 is 4.97. The summed E-state index contributed by atoms with van der Waals surface area (Å²) in [5, 5.41) is 0. The first-order valence-corrected chi connectivity index (χ1v) is 7.10. The van der Waals surface area contributed by atoms with Crippen molar-refractivity contribution in [2.75, 3.05) is 27.2 Å². The molecule has 0 bridgehead atoms. The van der Waals surface area contributed by atoms with E-state index in [9.17, 15) is 0 Å². The van der Waals surface area contributed by atoms with E-state index < -0.39 is 0 Å². The van der Waals surface area contributed by atoms with E-state index in [-0.39, 0.29) is 0 Å². The fraction of sp³-hybridized carbons (Fsp3) is 0.571. The van der Waals surface area contributed by atoms with Crippen molar-refractivity contribution in [3.05, 3.63) is 29.6 Å². The minimum absolute atomic E-state index is 0.367. The predicted molar refractivity (Wildman–Crippen MR) is 82.1 cm³/mol. The van der Waals surface area contributed by atoms with E-state index in [0.29, 0.717) is 16.7 Å². The maximum absolute atomic E-state index is 5.63. The van der Waals surface area contributed by atoms with Gasteiger partial charge in [0.2, 0.25) is 0 Å². The maximum atomic E-state index is 5.63. The SMILES string of the molecule is CN(C)C1CCCN(Cc2ccnc(C(N)=S)c2)C1. The van der Waals surface area contributed by atoms with Crippen molar-refractivity contribution in [2.24, 2.45) is 5.73 Å². The van der Waals surface area contributed by atoms with Gasteiger partial charge in [0.25, 0.3) is 0 Å². The van der Waals surface area contributed by atoms with Gasteiger partial charge < -0.3 is 10.6 Å². The molecule has 5 heteroatoms. The second-order valence-corrected chi connectivity index (χ2v) is 5.85. The molecule has 1 atom stereocenters. The monoisotopic (exact) mass is 278 g/mol. The Morgan fingerprint density at radius 3 is 3.05 bits per heavy atom. The highest BCUT2D eigenvalue weighted by atomic mass is 32.1. The van der Waals surface area contributed by atoms with Gasteiger partial charge in [-0.25, -0.2) is 0 Å². The topological polar surface area (TPSA) is 45.4 Å². The molecule has 1 aromatic rings. The number of nitrogens with zero attached hydrogens (tertiary/aromatic N) is 3. The standard InChI is InChI=1S/C14H22N4S/c1-17(2)12-4-3-7-18(10-12)9-11-5-6-16-13(8-11)14(15)19/h5-6,8,12H,3-4,7,9-10H2,1-2H3,(H2,15,19). The number of likely N-dealkylation sites (N-methyl/N-ethyl adjacent to an activating group) is 1. The summed E-state index contributed by atoms with van der Waals surface area (Å²) < 4.78 is 0. The Bertz CT molecular complexity index is 447. The minimum Gasteiger partial charge on any atom is -0.388 e. The lowest BCUT2D eigenvalue weighted by Gasteiger charge is -2.36. The van der Waals surface area contributed by atoms with Crippen molar-refractivity contribution in [1.29, 1.82) is 0 Å². The molecule has 0 amide bonds. The molecule has 0 saturated carbocycles. The van der Waals surface area contributed by atoms with E-state index in [1.54, 1.807) is 6.20 Å². The van der Waals surface area contributed by atoms with Crippen LogP contribution >= 0.6 is 12.2 Å². The van der Waals surface area contributed by atoms with E-state index in [2.05, 4.69) is 28.9 Å². The van der Waals surface area contributed by atoms with Gasteiger partial charge in [0.1, 0.15) is 4.99 Å². The third-order valence-corrected chi connectivity index (χ3v) is 3.90. The lowest BCUT2D eigenvalue weighted by molar-refractivity contribution is 0.128. The predicted octanol–water partition coefficient (Wildman–Crippen LogP) is 1.24. The van der Waals surface area contributed by atoms with Crippen LogP contribution in [-0.2, 0) is 6.54 Å². The van der Waals surface area contributed by atoms with Crippen LogP contribution in [-0.4, -0.2) is 53.0 Å². The van der Waals surface area contributed by atoms with Crippen LogP contribution < -0.4 is 5.73 Å². The zero-order chi connectivity index (χ0) is 13.8. The zero-order valence-electron chi connectivity index (χ0n) is 11.7. The largest absolute Gasteiger partial charge is 0.388 e. The quantitative estimate of drug-likeness (QED) is 0.840. The van der Waals surface area contributed by atoms with Crippen molar-refractivity contribution in [1.82, 2.24) is 14.8 Å². The maximum Gasteiger partial charge on any atom is 0.122 e. The Balaban J connectivity index is 2.00. The Kier molecular flexibility index (Phi) is 4.85. The second kappa shape index (κ2) is 6.41. The first kappa shape index (κ1) is 14.4. The van der Waals surface area contributed by atoms with Crippen molar-refractivity contribution < 1.29 is 0 Å². The molecule has 104 valence electrons. The van der Waals surface area contributed by atoms with E-state index in [1.165, 1.54) is 18.4 Å². The zero-order valence-corrected chi connectivity index (χ0v) is 12.5. The summed E-state index contributed by atoms with van der Waals surface area (Å²) in [4.78, 5) is 9.36. The molecule has 1 aliphatic rings. The number of rotatable bonds is 4. The van der Waals surface area contributed by atoms with Crippen molar-refractivity contribution in [3.63, 3.8) is 0 Å². The van der Waals surface area contributed by atoms with E-state index in [4.69, 9.17) is 18.0 Å². The lowest BCUT2D eigenvalue weighted by atomic mass is 10.0. The first-order valence-electron chi connectivity index (χ1n) is 6.70. The summed E-state index contributed by atoms with van der Waals surface area (Å²) in [5.41, 5.74) is 7.58. The van der Waals surface area contributed by atoms with Crippen LogP contribution in [0.25, 0.3) is 0 Å².